The van der Waals surface area contributed by atoms with Crippen LogP contribution in [-0.2, 0) is 6.54 Å². The van der Waals surface area contributed by atoms with Crippen molar-refractivity contribution in [2.45, 2.75) is 45.2 Å². The van der Waals surface area contributed by atoms with Crippen LogP contribution in [0.2, 0.25) is 0 Å². The van der Waals surface area contributed by atoms with Crippen LogP contribution in [0.25, 0.3) is 0 Å². The van der Waals surface area contributed by atoms with E-state index in [-0.39, 0.29) is 0 Å². The molecule has 1 unspecified atom stereocenters. The molecule has 2 heterocycles. The van der Waals surface area contributed by atoms with Gasteiger partial charge in [0.05, 0.1) is 0 Å². The van der Waals surface area contributed by atoms with Crippen LogP contribution in [0.1, 0.15) is 36.8 Å². The van der Waals surface area contributed by atoms with E-state index in [4.69, 9.17) is 0 Å². The third-order valence-electron chi connectivity index (χ3n) is 4.36. The number of piperidine rings is 1. The highest BCUT2D eigenvalue weighted by Gasteiger charge is 2.22. The first-order valence-electron chi connectivity index (χ1n) is 7.81. The van der Waals surface area contributed by atoms with E-state index in [2.05, 4.69) is 28.2 Å². The zero-order valence-corrected chi connectivity index (χ0v) is 12.3. The molecule has 20 heavy (non-hydrogen) atoms. The third kappa shape index (κ3) is 3.30. The number of aryl methyl sites for hydroxylation is 1. The third-order valence-corrected chi connectivity index (χ3v) is 4.36. The second-order valence-electron chi connectivity index (χ2n) is 6.28. The Balaban J connectivity index is 1.66. The van der Waals surface area contributed by atoms with Gasteiger partial charge in [-0.15, -0.1) is 0 Å². The lowest BCUT2D eigenvalue weighted by Crippen LogP contribution is -2.37. The molecule has 1 atom stereocenters. The summed E-state index contributed by atoms with van der Waals surface area (Å²) in [6.07, 6.45) is 6.93. The van der Waals surface area contributed by atoms with Crippen LogP contribution in [0.3, 0.4) is 0 Å². The Morgan fingerprint density at radius 3 is 2.95 bits per heavy atom. The molecular formula is C16H25N3O. The molecule has 1 saturated carbocycles. The van der Waals surface area contributed by atoms with Gasteiger partial charge in [0.15, 0.2) is 0 Å². The van der Waals surface area contributed by atoms with Crippen molar-refractivity contribution in [3.05, 3.63) is 23.4 Å². The molecule has 1 saturated heterocycles. The summed E-state index contributed by atoms with van der Waals surface area (Å²) in [6.45, 7) is 5.36. The largest absolute Gasteiger partial charge is 0.396 e. The molecule has 0 aromatic carbocycles. The van der Waals surface area contributed by atoms with Crippen LogP contribution in [-0.4, -0.2) is 35.8 Å². The van der Waals surface area contributed by atoms with Gasteiger partial charge in [-0.1, -0.05) is 0 Å². The van der Waals surface area contributed by atoms with Gasteiger partial charge in [-0.05, 0) is 55.7 Å². The van der Waals surface area contributed by atoms with E-state index >= 15 is 0 Å². The summed E-state index contributed by atoms with van der Waals surface area (Å²) in [5, 5.41) is 12.9. The topological polar surface area (TPSA) is 48.4 Å². The minimum atomic E-state index is 0.291. The maximum atomic E-state index is 9.34. The highest BCUT2D eigenvalue weighted by atomic mass is 16.3. The maximum Gasteiger partial charge on any atom is 0.131 e. The van der Waals surface area contributed by atoms with Gasteiger partial charge < -0.3 is 15.3 Å². The number of rotatable bonds is 5. The van der Waals surface area contributed by atoms with Gasteiger partial charge in [0, 0.05) is 38.5 Å². The molecular weight excluding hydrogens is 250 g/mol. The summed E-state index contributed by atoms with van der Waals surface area (Å²) >= 11 is 0. The number of hydrogen-bond acceptors (Lipinski definition) is 4. The highest BCUT2D eigenvalue weighted by molar-refractivity contribution is 5.47. The Morgan fingerprint density at radius 2 is 2.25 bits per heavy atom. The molecule has 0 amide bonds. The van der Waals surface area contributed by atoms with Crippen molar-refractivity contribution in [2.24, 2.45) is 5.92 Å². The smallest absolute Gasteiger partial charge is 0.131 e. The minimum Gasteiger partial charge on any atom is -0.396 e. The van der Waals surface area contributed by atoms with Crippen LogP contribution in [0.5, 0.6) is 0 Å². The fourth-order valence-electron chi connectivity index (χ4n) is 3.01. The monoisotopic (exact) mass is 275 g/mol. The molecule has 4 nitrogen and oxygen atoms in total. The van der Waals surface area contributed by atoms with E-state index in [9.17, 15) is 5.11 Å². The molecule has 1 aliphatic heterocycles. The molecule has 0 bridgehead atoms. The fourth-order valence-corrected chi connectivity index (χ4v) is 3.01. The van der Waals surface area contributed by atoms with Gasteiger partial charge in [-0.2, -0.15) is 0 Å². The Hall–Kier alpha value is -1.13. The Bertz CT molecular complexity index is 459. The first kappa shape index (κ1) is 13.8. The lowest BCUT2D eigenvalue weighted by molar-refractivity contribution is 0.208. The first-order valence-corrected chi connectivity index (χ1v) is 7.81. The molecule has 2 fully saturated rings. The summed E-state index contributed by atoms with van der Waals surface area (Å²) in [7, 11) is 0. The predicted molar refractivity (Wildman–Crippen MR) is 80.9 cm³/mol. The quantitative estimate of drug-likeness (QED) is 0.861. The summed E-state index contributed by atoms with van der Waals surface area (Å²) in [4.78, 5) is 7.00. The molecule has 2 N–H and O–H groups in total. The van der Waals surface area contributed by atoms with Gasteiger partial charge in [-0.3, -0.25) is 0 Å². The van der Waals surface area contributed by atoms with E-state index in [1.54, 1.807) is 0 Å². The number of aromatic nitrogens is 1. The molecule has 110 valence electrons. The van der Waals surface area contributed by atoms with Crippen molar-refractivity contribution >= 4 is 5.82 Å². The van der Waals surface area contributed by atoms with Crippen LogP contribution in [0.4, 0.5) is 5.82 Å². The molecule has 1 aliphatic carbocycles. The summed E-state index contributed by atoms with van der Waals surface area (Å²) in [6, 6.07) is 2.99. The second kappa shape index (κ2) is 6.10. The van der Waals surface area contributed by atoms with Crippen LogP contribution in [0.15, 0.2) is 12.3 Å². The molecule has 2 aliphatic rings. The lowest BCUT2D eigenvalue weighted by Gasteiger charge is -2.33. The van der Waals surface area contributed by atoms with Gasteiger partial charge in [0.1, 0.15) is 5.82 Å². The average Bonchev–Trinajstić information content (AvgIpc) is 3.29. The van der Waals surface area contributed by atoms with Crippen molar-refractivity contribution in [2.75, 3.05) is 24.6 Å². The van der Waals surface area contributed by atoms with Crippen LogP contribution < -0.4 is 10.2 Å². The van der Waals surface area contributed by atoms with E-state index in [1.807, 2.05) is 6.20 Å². The number of anilines is 1. The van der Waals surface area contributed by atoms with Gasteiger partial charge in [0.2, 0.25) is 0 Å². The normalized spacial score (nSPS) is 23.1. The van der Waals surface area contributed by atoms with E-state index in [0.717, 1.165) is 44.3 Å². The summed E-state index contributed by atoms with van der Waals surface area (Å²) in [5.74, 6) is 1.50. The SMILES string of the molecule is Cc1cc(CNC2CC2)cnc1N1CCCC(CO)C1. The van der Waals surface area contributed by atoms with Crippen molar-refractivity contribution in [1.29, 1.82) is 0 Å². The Morgan fingerprint density at radius 1 is 1.40 bits per heavy atom. The van der Waals surface area contributed by atoms with Crippen molar-refractivity contribution in [3.63, 3.8) is 0 Å². The van der Waals surface area contributed by atoms with E-state index in [1.165, 1.54) is 24.0 Å². The van der Waals surface area contributed by atoms with Gasteiger partial charge in [-0.25, -0.2) is 4.98 Å². The molecule has 0 radical (unpaired) electrons. The van der Waals surface area contributed by atoms with Crippen molar-refractivity contribution in [3.8, 4) is 0 Å². The van der Waals surface area contributed by atoms with Crippen molar-refractivity contribution in [1.82, 2.24) is 10.3 Å². The Labute approximate surface area is 121 Å². The zero-order valence-electron chi connectivity index (χ0n) is 12.3. The molecule has 4 heteroatoms. The molecule has 1 aromatic rings. The number of hydrogen-bond donors (Lipinski definition) is 2. The predicted octanol–water partition coefficient (Wildman–Crippen LogP) is 1.85. The minimum absolute atomic E-state index is 0.291. The lowest BCUT2D eigenvalue weighted by atomic mass is 9.98. The summed E-state index contributed by atoms with van der Waals surface area (Å²) < 4.78 is 0. The van der Waals surface area contributed by atoms with Gasteiger partial charge >= 0.3 is 0 Å². The number of nitrogens with zero attached hydrogens (tertiary/aromatic N) is 2. The van der Waals surface area contributed by atoms with E-state index < -0.39 is 0 Å². The number of aliphatic hydroxyl groups is 1. The average molecular weight is 275 g/mol. The van der Waals surface area contributed by atoms with Crippen molar-refractivity contribution < 1.29 is 5.11 Å². The highest BCUT2D eigenvalue weighted by Crippen LogP contribution is 2.25. The van der Waals surface area contributed by atoms with Gasteiger partial charge in [0.25, 0.3) is 0 Å². The number of pyridine rings is 1. The maximum absolute atomic E-state index is 9.34. The zero-order chi connectivity index (χ0) is 13.9. The van der Waals surface area contributed by atoms with Crippen LogP contribution >= 0.6 is 0 Å². The second-order valence-corrected chi connectivity index (χ2v) is 6.28. The summed E-state index contributed by atoms with van der Waals surface area (Å²) in [5.41, 5.74) is 2.52. The van der Waals surface area contributed by atoms with Crippen LogP contribution in [0, 0.1) is 12.8 Å². The molecule has 0 spiro atoms. The first-order chi connectivity index (χ1) is 9.76. The number of nitrogens with one attached hydrogen (secondary N) is 1. The fraction of sp³-hybridized carbons (Fsp3) is 0.688. The molecule has 1 aromatic heterocycles. The Kier molecular flexibility index (Phi) is 4.22. The van der Waals surface area contributed by atoms with E-state index in [0.29, 0.717) is 12.5 Å². The number of aliphatic hydroxyl groups excluding tert-OH is 1. The standard InChI is InChI=1S/C16H25N3O/c1-12-7-14(8-17-15-4-5-15)9-18-16(12)19-6-2-3-13(10-19)11-20/h7,9,13,15,17,20H,2-6,8,10-11H2,1H3. The molecule has 3 rings (SSSR count).